The van der Waals surface area contributed by atoms with Gasteiger partial charge in [0.25, 0.3) is 0 Å². The van der Waals surface area contributed by atoms with Crippen molar-refractivity contribution in [2.75, 3.05) is 26.8 Å². The number of hydrogen-bond donors (Lipinski definition) is 1. The summed E-state index contributed by atoms with van der Waals surface area (Å²) in [7, 11) is 1.58. The van der Waals surface area contributed by atoms with Crippen molar-refractivity contribution in [1.29, 1.82) is 5.26 Å². The first kappa shape index (κ1) is 25.7. The Morgan fingerprint density at radius 1 is 1.08 bits per heavy atom. The number of nitrogens with one attached hydrogen (secondary N) is 1. The molecule has 6 rings (SSSR count). The van der Waals surface area contributed by atoms with Crippen LogP contribution in [0, 0.1) is 18.3 Å². The van der Waals surface area contributed by atoms with Crippen molar-refractivity contribution in [2.45, 2.75) is 45.3 Å². The highest BCUT2D eigenvalue weighted by molar-refractivity contribution is 5.85. The average Bonchev–Trinajstić information content (AvgIpc) is 3.74. The molecule has 1 atom stereocenters. The molecule has 0 radical (unpaired) electrons. The monoisotopic (exact) mass is 511 g/mol. The third kappa shape index (κ3) is 5.35. The lowest BCUT2D eigenvalue weighted by Gasteiger charge is -2.15. The Labute approximate surface area is 222 Å². The molecule has 8 nitrogen and oxygen atoms in total. The summed E-state index contributed by atoms with van der Waals surface area (Å²) in [5.41, 5.74) is 5.27. The van der Waals surface area contributed by atoms with Gasteiger partial charge in [0.15, 0.2) is 5.75 Å². The number of benzene rings is 2. The molecule has 2 fully saturated rings. The molecule has 2 aromatic carbocycles. The van der Waals surface area contributed by atoms with Gasteiger partial charge in [-0.05, 0) is 75.0 Å². The fraction of sp³-hybridized carbons (Fsp3) is 0.367. The van der Waals surface area contributed by atoms with Crippen LogP contribution < -0.4 is 15.7 Å². The van der Waals surface area contributed by atoms with Gasteiger partial charge >= 0.3 is 5.69 Å². The van der Waals surface area contributed by atoms with Gasteiger partial charge in [-0.3, -0.25) is 0 Å². The van der Waals surface area contributed by atoms with Crippen LogP contribution in [0.3, 0.4) is 0 Å². The molecule has 2 saturated heterocycles. The summed E-state index contributed by atoms with van der Waals surface area (Å²) in [5, 5.41) is 17.1. The maximum Gasteiger partial charge on any atom is 0.351 e. The van der Waals surface area contributed by atoms with E-state index in [2.05, 4.69) is 16.5 Å². The molecule has 2 aromatic heterocycles. The Kier molecular flexibility index (Phi) is 7.87. The highest BCUT2D eigenvalue weighted by atomic mass is 16.5. The number of aromatic nitrogens is 3. The molecule has 0 amide bonds. The fourth-order valence-corrected chi connectivity index (χ4v) is 4.97. The van der Waals surface area contributed by atoms with E-state index in [0.29, 0.717) is 30.1 Å². The molecule has 1 N–H and O–H groups in total. The van der Waals surface area contributed by atoms with E-state index in [4.69, 9.17) is 9.47 Å². The second-order valence-corrected chi connectivity index (χ2v) is 9.75. The van der Waals surface area contributed by atoms with Gasteiger partial charge in [-0.25, -0.2) is 13.9 Å². The number of nitriles is 1. The first-order valence-corrected chi connectivity index (χ1v) is 13.2. The zero-order valence-electron chi connectivity index (χ0n) is 21.9. The Morgan fingerprint density at radius 2 is 1.79 bits per heavy atom. The van der Waals surface area contributed by atoms with E-state index in [-0.39, 0.29) is 11.8 Å². The van der Waals surface area contributed by atoms with Crippen LogP contribution in [0.25, 0.3) is 28.0 Å². The number of rotatable bonds is 5. The highest BCUT2D eigenvalue weighted by Crippen LogP contribution is 2.36. The van der Waals surface area contributed by atoms with Crippen molar-refractivity contribution >= 4 is 5.65 Å². The predicted octanol–water partition coefficient (Wildman–Crippen LogP) is 4.57. The first-order chi connectivity index (χ1) is 18.6. The van der Waals surface area contributed by atoms with Gasteiger partial charge in [-0.15, -0.1) is 5.10 Å². The van der Waals surface area contributed by atoms with Crippen LogP contribution in [-0.4, -0.2) is 47.1 Å². The van der Waals surface area contributed by atoms with E-state index in [1.807, 2.05) is 49.4 Å². The van der Waals surface area contributed by atoms with Gasteiger partial charge < -0.3 is 14.8 Å². The van der Waals surface area contributed by atoms with Crippen LogP contribution in [0.5, 0.6) is 5.75 Å². The van der Waals surface area contributed by atoms with E-state index in [1.165, 1.54) is 30.6 Å². The van der Waals surface area contributed by atoms with Crippen LogP contribution in [-0.2, 0) is 11.3 Å². The van der Waals surface area contributed by atoms with Gasteiger partial charge in [-0.1, -0.05) is 42.0 Å². The minimum Gasteiger partial charge on any atom is -0.493 e. The zero-order valence-corrected chi connectivity index (χ0v) is 21.9. The minimum atomic E-state index is -0.232. The maximum absolute atomic E-state index is 13.6. The lowest BCUT2D eigenvalue weighted by atomic mass is 9.97. The largest absolute Gasteiger partial charge is 0.493 e. The van der Waals surface area contributed by atoms with Crippen LogP contribution in [0.15, 0.2) is 59.4 Å². The molecule has 0 spiro atoms. The van der Waals surface area contributed by atoms with Crippen LogP contribution in [0.4, 0.5) is 0 Å². The molecule has 0 aliphatic carbocycles. The lowest BCUT2D eigenvalue weighted by Crippen LogP contribution is -2.27. The van der Waals surface area contributed by atoms with Gasteiger partial charge in [0.05, 0.1) is 37.1 Å². The number of hydrogen-bond acceptors (Lipinski definition) is 6. The van der Waals surface area contributed by atoms with Crippen LogP contribution in [0.2, 0.25) is 0 Å². The highest BCUT2D eigenvalue weighted by Gasteiger charge is 2.24. The second kappa shape index (κ2) is 11.6. The normalized spacial score (nSPS) is 16.7. The summed E-state index contributed by atoms with van der Waals surface area (Å²) < 4.78 is 14.5. The third-order valence-corrected chi connectivity index (χ3v) is 7.04. The Balaban J connectivity index is 0.000000529. The maximum atomic E-state index is 13.6. The second-order valence-electron chi connectivity index (χ2n) is 9.75. The average molecular weight is 512 g/mol. The molecular weight excluding hydrogens is 478 g/mol. The van der Waals surface area contributed by atoms with Crippen LogP contribution >= 0.6 is 0 Å². The number of ether oxygens (including phenoxy) is 2. The van der Waals surface area contributed by atoms with Gasteiger partial charge in [0.1, 0.15) is 0 Å². The topological polar surface area (TPSA) is 93.6 Å². The molecule has 2 aliphatic heterocycles. The van der Waals surface area contributed by atoms with Crippen molar-refractivity contribution in [1.82, 2.24) is 19.5 Å². The third-order valence-electron chi connectivity index (χ3n) is 7.04. The van der Waals surface area contributed by atoms with Crippen molar-refractivity contribution in [3.8, 4) is 34.2 Å². The van der Waals surface area contributed by atoms with Crippen molar-refractivity contribution in [3.63, 3.8) is 0 Å². The van der Waals surface area contributed by atoms with Crippen LogP contribution in [0.1, 0.15) is 36.8 Å². The summed E-state index contributed by atoms with van der Waals surface area (Å²) in [4.78, 5) is 13.6. The molecule has 1 unspecified atom stereocenters. The lowest BCUT2D eigenvalue weighted by molar-refractivity contribution is 0.0931. The predicted molar refractivity (Wildman–Crippen MR) is 147 cm³/mol. The molecule has 2 aliphatic rings. The van der Waals surface area contributed by atoms with E-state index >= 15 is 0 Å². The fourth-order valence-electron chi connectivity index (χ4n) is 4.97. The number of pyridine rings is 1. The molecule has 38 heavy (non-hydrogen) atoms. The number of aryl methyl sites for hydroxylation is 1. The number of methoxy groups -OCH3 is 1. The number of fused-ring (bicyclic) bond motifs is 1. The first-order valence-electron chi connectivity index (χ1n) is 13.2. The van der Waals surface area contributed by atoms with Crippen molar-refractivity contribution in [3.05, 3.63) is 76.2 Å². The van der Waals surface area contributed by atoms with Crippen molar-refractivity contribution in [2.24, 2.45) is 0 Å². The summed E-state index contributed by atoms with van der Waals surface area (Å²) in [6.07, 6.45) is 4.67. The van der Waals surface area contributed by atoms with Gasteiger partial charge in [-0.2, -0.15) is 5.26 Å². The van der Waals surface area contributed by atoms with Gasteiger partial charge in [0.2, 0.25) is 5.65 Å². The molecule has 0 bridgehead atoms. The van der Waals surface area contributed by atoms with E-state index in [0.717, 1.165) is 40.8 Å². The zero-order chi connectivity index (χ0) is 26.5. The van der Waals surface area contributed by atoms with E-state index < -0.39 is 0 Å². The summed E-state index contributed by atoms with van der Waals surface area (Å²) >= 11 is 0. The Morgan fingerprint density at radius 3 is 2.37 bits per heavy atom. The minimum absolute atomic E-state index is 0.0144. The van der Waals surface area contributed by atoms with E-state index in [9.17, 15) is 10.1 Å². The summed E-state index contributed by atoms with van der Waals surface area (Å²) in [6, 6.07) is 19.4. The smallest absolute Gasteiger partial charge is 0.351 e. The Bertz CT molecular complexity index is 1480. The van der Waals surface area contributed by atoms with Crippen molar-refractivity contribution < 1.29 is 9.47 Å². The molecule has 4 aromatic rings. The standard InChI is InChI=1S/C26H24N4O3.C4H9N/c1-17-5-9-20(10-6-17)24-22(19-11-7-18(15-27)8-12-19)14-23(32-2)25-28-29(26(31)30(24)25)16-21-4-3-13-33-21;1-2-4-5-3-1/h5-12,14,21H,3-4,13,16H2,1-2H3;5H,1-4H2. The molecule has 0 saturated carbocycles. The number of nitrogens with zero attached hydrogens (tertiary/aromatic N) is 4. The SMILES string of the molecule is C1CCNC1.COc1cc(-c2ccc(C#N)cc2)c(-c2ccc(C)cc2)n2c(=O)n(CC3CCCO3)nc12. The molecule has 196 valence electrons. The molecule has 4 heterocycles. The summed E-state index contributed by atoms with van der Waals surface area (Å²) in [6.45, 7) is 5.65. The summed E-state index contributed by atoms with van der Waals surface area (Å²) in [5.74, 6) is 0.508. The molecule has 8 heteroatoms. The van der Waals surface area contributed by atoms with Gasteiger partial charge in [0, 0.05) is 12.2 Å². The quantitative estimate of drug-likeness (QED) is 0.422. The Hall–Kier alpha value is -3.93. The van der Waals surface area contributed by atoms with E-state index in [1.54, 1.807) is 23.6 Å². The molecular formula is C30H33N5O3.